The predicted octanol–water partition coefficient (Wildman–Crippen LogP) is 3.23. The van der Waals surface area contributed by atoms with Gasteiger partial charge < -0.3 is 10.1 Å². The first-order chi connectivity index (χ1) is 11.8. The van der Waals surface area contributed by atoms with E-state index >= 15 is 0 Å². The van der Waals surface area contributed by atoms with Gasteiger partial charge in [-0.2, -0.15) is 0 Å². The number of carbonyl (C=O) groups is 2. The van der Waals surface area contributed by atoms with Crippen molar-refractivity contribution in [2.75, 3.05) is 17.7 Å². The Morgan fingerprint density at radius 3 is 2.48 bits per heavy atom. The SMILES string of the molecule is CCOC(=O)c1c(NC(=O)CCS(=O)(=O)C2CCCC2)sc(C)c1C. The van der Waals surface area contributed by atoms with Gasteiger partial charge in [-0.05, 0) is 39.2 Å². The number of carbonyl (C=O) groups excluding carboxylic acids is 2. The van der Waals surface area contributed by atoms with Gasteiger partial charge in [-0.1, -0.05) is 12.8 Å². The maximum absolute atomic E-state index is 12.3. The van der Waals surface area contributed by atoms with Crippen LogP contribution in [-0.2, 0) is 19.4 Å². The van der Waals surface area contributed by atoms with E-state index in [2.05, 4.69) is 5.32 Å². The van der Waals surface area contributed by atoms with Crippen molar-refractivity contribution >= 4 is 38.1 Å². The van der Waals surface area contributed by atoms with Gasteiger partial charge in [0.2, 0.25) is 5.91 Å². The first-order valence-corrected chi connectivity index (χ1v) is 11.1. The Bertz CT molecular complexity index is 745. The molecule has 6 nitrogen and oxygen atoms in total. The molecule has 1 aliphatic rings. The zero-order chi connectivity index (χ0) is 18.6. The summed E-state index contributed by atoms with van der Waals surface area (Å²) in [6.07, 6.45) is 3.16. The molecule has 1 heterocycles. The predicted molar refractivity (Wildman–Crippen MR) is 99.0 cm³/mol. The highest BCUT2D eigenvalue weighted by molar-refractivity contribution is 7.92. The minimum Gasteiger partial charge on any atom is -0.462 e. The van der Waals surface area contributed by atoms with Crippen molar-refractivity contribution in [3.05, 3.63) is 16.0 Å². The smallest absolute Gasteiger partial charge is 0.341 e. The fraction of sp³-hybridized carbons (Fsp3) is 0.647. The van der Waals surface area contributed by atoms with E-state index in [1.165, 1.54) is 11.3 Å². The molecule has 0 aromatic carbocycles. The standard InChI is InChI=1S/C17H25NO5S2/c1-4-23-17(20)15-11(2)12(3)24-16(15)18-14(19)9-10-25(21,22)13-7-5-6-8-13/h13H,4-10H2,1-3H3,(H,18,19). The third kappa shape index (κ3) is 4.82. The summed E-state index contributed by atoms with van der Waals surface area (Å²) >= 11 is 1.30. The third-order valence-corrected chi connectivity index (χ3v) is 7.92. The Morgan fingerprint density at radius 2 is 1.88 bits per heavy atom. The molecule has 0 unspecified atom stereocenters. The van der Waals surface area contributed by atoms with Crippen LogP contribution in [0.4, 0.5) is 5.00 Å². The van der Waals surface area contributed by atoms with E-state index in [1.807, 2.05) is 6.92 Å². The number of sulfone groups is 1. The topological polar surface area (TPSA) is 89.5 Å². The zero-order valence-corrected chi connectivity index (χ0v) is 16.5. The molecule has 25 heavy (non-hydrogen) atoms. The molecule has 1 fully saturated rings. The van der Waals surface area contributed by atoms with Crippen LogP contribution in [0.15, 0.2) is 0 Å². The van der Waals surface area contributed by atoms with E-state index in [-0.39, 0.29) is 24.0 Å². The Kier molecular flexibility index (Phi) is 6.62. The second-order valence-electron chi connectivity index (χ2n) is 6.28. The number of ether oxygens (including phenoxy) is 1. The van der Waals surface area contributed by atoms with E-state index in [0.29, 0.717) is 23.4 Å². The monoisotopic (exact) mass is 387 g/mol. The van der Waals surface area contributed by atoms with Crippen LogP contribution in [0.1, 0.15) is 59.8 Å². The maximum Gasteiger partial charge on any atom is 0.341 e. The lowest BCUT2D eigenvalue weighted by Crippen LogP contribution is -2.24. The Balaban J connectivity index is 2.03. The number of aryl methyl sites for hydroxylation is 1. The van der Waals surface area contributed by atoms with E-state index in [9.17, 15) is 18.0 Å². The quantitative estimate of drug-likeness (QED) is 0.726. The lowest BCUT2D eigenvalue weighted by Gasteiger charge is -2.11. The van der Waals surface area contributed by atoms with Crippen molar-refractivity contribution in [2.24, 2.45) is 0 Å². The number of esters is 1. The highest BCUT2D eigenvalue weighted by atomic mass is 32.2. The van der Waals surface area contributed by atoms with Crippen molar-refractivity contribution in [1.82, 2.24) is 0 Å². The van der Waals surface area contributed by atoms with Gasteiger partial charge in [-0.25, -0.2) is 13.2 Å². The van der Waals surface area contributed by atoms with Gasteiger partial charge in [0.05, 0.1) is 23.2 Å². The molecule has 1 saturated carbocycles. The van der Waals surface area contributed by atoms with Crippen LogP contribution in [0.5, 0.6) is 0 Å². The molecule has 0 aliphatic heterocycles. The zero-order valence-electron chi connectivity index (χ0n) is 14.9. The largest absolute Gasteiger partial charge is 0.462 e. The first-order valence-electron chi connectivity index (χ1n) is 8.54. The minimum absolute atomic E-state index is 0.100. The Hall–Kier alpha value is -1.41. The molecule has 1 amide bonds. The average Bonchev–Trinajstić information content (AvgIpc) is 3.16. The lowest BCUT2D eigenvalue weighted by molar-refractivity contribution is -0.115. The lowest BCUT2D eigenvalue weighted by atomic mass is 10.1. The molecule has 1 N–H and O–H groups in total. The molecule has 1 aromatic heterocycles. The normalized spacial score (nSPS) is 15.3. The molecule has 1 aliphatic carbocycles. The number of hydrogen-bond acceptors (Lipinski definition) is 6. The molecule has 140 valence electrons. The molecule has 0 spiro atoms. The number of anilines is 1. The highest BCUT2D eigenvalue weighted by Gasteiger charge is 2.29. The maximum atomic E-state index is 12.3. The van der Waals surface area contributed by atoms with Gasteiger partial charge in [-0.15, -0.1) is 11.3 Å². The van der Waals surface area contributed by atoms with Gasteiger partial charge in [0, 0.05) is 11.3 Å². The molecule has 0 bridgehead atoms. The average molecular weight is 388 g/mol. The number of amides is 1. The molecule has 1 aromatic rings. The van der Waals surface area contributed by atoms with Gasteiger partial charge in [0.25, 0.3) is 0 Å². The Labute approximate surface area is 152 Å². The molecular weight excluding hydrogens is 362 g/mol. The van der Waals surface area contributed by atoms with Crippen molar-refractivity contribution < 1.29 is 22.7 Å². The van der Waals surface area contributed by atoms with Gasteiger partial charge in [0.15, 0.2) is 9.84 Å². The van der Waals surface area contributed by atoms with Gasteiger partial charge in [-0.3, -0.25) is 4.79 Å². The van der Waals surface area contributed by atoms with Crippen molar-refractivity contribution in [3.63, 3.8) is 0 Å². The van der Waals surface area contributed by atoms with Crippen LogP contribution in [0.25, 0.3) is 0 Å². The van der Waals surface area contributed by atoms with E-state index in [4.69, 9.17) is 4.74 Å². The molecule has 0 saturated heterocycles. The summed E-state index contributed by atoms with van der Waals surface area (Å²) in [4.78, 5) is 25.2. The first kappa shape index (κ1) is 19.9. The van der Waals surface area contributed by atoms with Gasteiger partial charge in [0.1, 0.15) is 5.00 Å². The summed E-state index contributed by atoms with van der Waals surface area (Å²) in [7, 11) is -3.23. The van der Waals surface area contributed by atoms with Crippen LogP contribution in [0.2, 0.25) is 0 Å². The van der Waals surface area contributed by atoms with Crippen LogP contribution >= 0.6 is 11.3 Å². The second-order valence-corrected chi connectivity index (χ2v) is 9.90. The summed E-state index contributed by atoms with van der Waals surface area (Å²) in [5, 5.41) is 2.81. The van der Waals surface area contributed by atoms with E-state index < -0.39 is 21.7 Å². The summed E-state index contributed by atoms with van der Waals surface area (Å²) < 4.78 is 29.6. The highest BCUT2D eigenvalue weighted by Crippen LogP contribution is 2.33. The van der Waals surface area contributed by atoms with Gasteiger partial charge >= 0.3 is 5.97 Å². The number of nitrogens with one attached hydrogen (secondary N) is 1. The fourth-order valence-corrected chi connectivity index (χ4v) is 5.92. The summed E-state index contributed by atoms with van der Waals surface area (Å²) in [6, 6.07) is 0. The molecular formula is C17H25NO5S2. The summed E-state index contributed by atoms with van der Waals surface area (Å²) in [5.41, 5.74) is 1.13. The number of thiophene rings is 1. The fourth-order valence-electron chi connectivity index (χ4n) is 3.00. The van der Waals surface area contributed by atoms with Crippen LogP contribution in [-0.4, -0.2) is 37.9 Å². The third-order valence-electron chi connectivity index (χ3n) is 4.54. The van der Waals surface area contributed by atoms with Crippen LogP contribution in [0.3, 0.4) is 0 Å². The second kappa shape index (κ2) is 8.31. The van der Waals surface area contributed by atoms with Crippen molar-refractivity contribution in [2.45, 2.75) is 58.1 Å². The minimum atomic E-state index is -3.23. The summed E-state index contributed by atoms with van der Waals surface area (Å²) in [5.74, 6) is -1.02. The number of rotatable bonds is 7. The van der Waals surface area contributed by atoms with Crippen LogP contribution < -0.4 is 5.32 Å². The van der Waals surface area contributed by atoms with Crippen molar-refractivity contribution in [3.8, 4) is 0 Å². The summed E-state index contributed by atoms with van der Waals surface area (Å²) in [6.45, 7) is 5.64. The molecule has 0 atom stereocenters. The van der Waals surface area contributed by atoms with Crippen molar-refractivity contribution in [1.29, 1.82) is 0 Å². The number of hydrogen-bond donors (Lipinski definition) is 1. The van der Waals surface area contributed by atoms with Crippen LogP contribution in [0, 0.1) is 13.8 Å². The van der Waals surface area contributed by atoms with E-state index in [0.717, 1.165) is 23.3 Å². The molecule has 0 radical (unpaired) electrons. The molecule has 2 rings (SSSR count). The molecule has 8 heteroatoms. The van der Waals surface area contributed by atoms with E-state index in [1.54, 1.807) is 13.8 Å². The Morgan fingerprint density at radius 1 is 1.24 bits per heavy atom.